The highest BCUT2D eigenvalue weighted by Gasteiger charge is 2.21. The summed E-state index contributed by atoms with van der Waals surface area (Å²) in [5, 5.41) is 22.4. The molecule has 1 aromatic rings. The Hall–Kier alpha value is -1.76. The number of nitrogens with zero attached hydrogens (tertiary/aromatic N) is 1. The number of alkyl halides is 2. The molecule has 1 aromatic carbocycles. The van der Waals surface area contributed by atoms with Crippen molar-refractivity contribution in [3.05, 3.63) is 33.9 Å². The number of hydrogen-bond donors (Lipinski definition) is 2. The average molecular weight is 302 g/mol. The zero-order valence-electron chi connectivity index (χ0n) is 12.1. The van der Waals surface area contributed by atoms with Crippen LogP contribution in [-0.4, -0.2) is 23.2 Å². The highest BCUT2D eigenvalue weighted by molar-refractivity contribution is 5.56. The second-order valence-electron chi connectivity index (χ2n) is 5.67. The minimum atomic E-state index is -2.78. The molecule has 0 aliphatic rings. The highest BCUT2D eigenvalue weighted by atomic mass is 19.3. The minimum absolute atomic E-state index is 0.0866. The number of hydrogen-bond acceptors (Lipinski definition) is 4. The van der Waals surface area contributed by atoms with E-state index in [0.717, 1.165) is 12.5 Å². The SMILES string of the molecule is CC(C)(CCCO)CNc1ccc([N+](=O)[O-])cc1C(F)F. The number of nitrogens with one attached hydrogen (secondary N) is 1. The van der Waals surface area contributed by atoms with Crippen LogP contribution in [0.3, 0.4) is 0 Å². The Kier molecular flexibility index (Phi) is 6.02. The molecule has 0 heterocycles. The summed E-state index contributed by atoms with van der Waals surface area (Å²) in [5.41, 5.74) is -0.700. The van der Waals surface area contributed by atoms with Crippen molar-refractivity contribution in [2.24, 2.45) is 5.41 Å². The molecular formula is C14H20F2N2O3. The molecule has 0 aliphatic heterocycles. The average Bonchev–Trinajstić information content (AvgIpc) is 2.42. The van der Waals surface area contributed by atoms with Crippen LogP contribution >= 0.6 is 0 Å². The fraction of sp³-hybridized carbons (Fsp3) is 0.571. The third-order valence-corrected chi connectivity index (χ3v) is 3.25. The molecular weight excluding hydrogens is 282 g/mol. The lowest BCUT2D eigenvalue weighted by atomic mass is 9.87. The van der Waals surface area contributed by atoms with E-state index < -0.39 is 11.3 Å². The van der Waals surface area contributed by atoms with Gasteiger partial charge in [0.15, 0.2) is 0 Å². The van der Waals surface area contributed by atoms with Crippen molar-refractivity contribution in [2.45, 2.75) is 33.1 Å². The van der Waals surface area contributed by atoms with Gasteiger partial charge >= 0.3 is 0 Å². The van der Waals surface area contributed by atoms with Gasteiger partial charge in [0.2, 0.25) is 0 Å². The molecule has 0 aromatic heterocycles. The fourth-order valence-electron chi connectivity index (χ4n) is 1.99. The lowest BCUT2D eigenvalue weighted by Crippen LogP contribution is -2.24. The first-order chi connectivity index (χ1) is 9.76. The van der Waals surface area contributed by atoms with Crippen LogP contribution in [0.25, 0.3) is 0 Å². The van der Waals surface area contributed by atoms with Gasteiger partial charge in [-0.2, -0.15) is 0 Å². The molecule has 1 rings (SSSR count). The lowest BCUT2D eigenvalue weighted by Gasteiger charge is -2.26. The predicted octanol–water partition coefficient (Wildman–Crippen LogP) is 3.74. The van der Waals surface area contributed by atoms with Gasteiger partial charge in [0.05, 0.1) is 4.92 Å². The van der Waals surface area contributed by atoms with Gasteiger partial charge in [-0.15, -0.1) is 0 Å². The van der Waals surface area contributed by atoms with Crippen LogP contribution in [0.4, 0.5) is 20.2 Å². The zero-order chi connectivity index (χ0) is 16.0. The number of aliphatic hydroxyl groups is 1. The van der Waals surface area contributed by atoms with Crippen LogP contribution in [-0.2, 0) is 0 Å². The fourth-order valence-corrected chi connectivity index (χ4v) is 1.99. The minimum Gasteiger partial charge on any atom is -0.396 e. The van der Waals surface area contributed by atoms with Crippen LogP contribution in [0.2, 0.25) is 0 Å². The van der Waals surface area contributed by atoms with Crippen LogP contribution in [0, 0.1) is 15.5 Å². The van der Waals surface area contributed by atoms with Gasteiger partial charge in [0, 0.05) is 36.5 Å². The number of rotatable bonds is 8. The van der Waals surface area contributed by atoms with Gasteiger partial charge in [-0.05, 0) is 24.3 Å². The quantitative estimate of drug-likeness (QED) is 0.566. The third kappa shape index (κ3) is 5.26. The topological polar surface area (TPSA) is 75.4 Å². The van der Waals surface area contributed by atoms with Crippen molar-refractivity contribution in [1.82, 2.24) is 0 Å². The molecule has 0 atom stereocenters. The Balaban J connectivity index is 2.85. The molecule has 0 bridgehead atoms. The number of anilines is 1. The summed E-state index contributed by atoms with van der Waals surface area (Å²) in [6, 6.07) is 3.41. The molecule has 5 nitrogen and oxygen atoms in total. The second kappa shape index (κ2) is 7.31. The van der Waals surface area contributed by atoms with E-state index in [1.807, 2.05) is 13.8 Å². The van der Waals surface area contributed by atoms with Crippen molar-refractivity contribution < 1.29 is 18.8 Å². The van der Waals surface area contributed by atoms with Crippen LogP contribution in [0.5, 0.6) is 0 Å². The van der Waals surface area contributed by atoms with Crippen LogP contribution < -0.4 is 5.32 Å². The van der Waals surface area contributed by atoms with Crippen molar-refractivity contribution in [3.8, 4) is 0 Å². The third-order valence-electron chi connectivity index (χ3n) is 3.25. The van der Waals surface area contributed by atoms with E-state index >= 15 is 0 Å². The number of nitro benzene ring substituents is 1. The molecule has 2 N–H and O–H groups in total. The van der Waals surface area contributed by atoms with Gasteiger partial charge < -0.3 is 10.4 Å². The molecule has 21 heavy (non-hydrogen) atoms. The standard InChI is InChI=1S/C14H20F2N2O3/c1-14(2,6-3-7-19)9-17-12-5-4-10(18(20)21)8-11(12)13(15)16/h4-5,8,13,17,19H,3,6-7,9H2,1-2H3. The summed E-state index contributed by atoms with van der Waals surface area (Å²) in [4.78, 5) is 9.95. The molecule has 0 saturated heterocycles. The number of non-ortho nitro benzene ring substituents is 1. The second-order valence-corrected chi connectivity index (χ2v) is 5.67. The number of halogens is 2. The summed E-state index contributed by atoms with van der Waals surface area (Å²) in [5.74, 6) is 0. The molecule has 0 unspecified atom stereocenters. The van der Waals surface area contributed by atoms with Crippen LogP contribution in [0.15, 0.2) is 18.2 Å². The van der Waals surface area contributed by atoms with E-state index in [2.05, 4.69) is 5.32 Å². The van der Waals surface area contributed by atoms with E-state index in [0.29, 0.717) is 13.0 Å². The summed E-state index contributed by atoms with van der Waals surface area (Å²) in [6.45, 7) is 4.44. The number of aliphatic hydroxyl groups excluding tert-OH is 1. The molecule has 0 spiro atoms. The van der Waals surface area contributed by atoms with Gasteiger partial charge in [-0.1, -0.05) is 13.8 Å². The first kappa shape index (κ1) is 17.3. The molecule has 0 fully saturated rings. The summed E-state index contributed by atoms with van der Waals surface area (Å²) >= 11 is 0. The Labute approximate surface area is 122 Å². The van der Waals surface area contributed by atoms with Crippen molar-refractivity contribution >= 4 is 11.4 Å². The smallest absolute Gasteiger partial charge is 0.270 e. The monoisotopic (exact) mass is 302 g/mol. The molecule has 0 aliphatic carbocycles. The van der Waals surface area contributed by atoms with Crippen molar-refractivity contribution in [3.63, 3.8) is 0 Å². The summed E-state index contributed by atoms with van der Waals surface area (Å²) in [7, 11) is 0. The molecule has 118 valence electrons. The summed E-state index contributed by atoms with van der Waals surface area (Å²) < 4.78 is 26.0. The largest absolute Gasteiger partial charge is 0.396 e. The van der Waals surface area contributed by atoms with E-state index in [-0.39, 0.29) is 29.0 Å². The number of benzene rings is 1. The van der Waals surface area contributed by atoms with Gasteiger partial charge in [0.25, 0.3) is 12.1 Å². The van der Waals surface area contributed by atoms with Gasteiger partial charge in [0.1, 0.15) is 0 Å². The Bertz CT molecular complexity index is 493. The van der Waals surface area contributed by atoms with Crippen LogP contribution in [0.1, 0.15) is 38.7 Å². The first-order valence-corrected chi connectivity index (χ1v) is 6.68. The van der Waals surface area contributed by atoms with E-state index in [1.165, 1.54) is 12.1 Å². The normalized spacial score (nSPS) is 11.7. The van der Waals surface area contributed by atoms with Crippen molar-refractivity contribution in [1.29, 1.82) is 0 Å². The van der Waals surface area contributed by atoms with E-state index in [4.69, 9.17) is 5.11 Å². The van der Waals surface area contributed by atoms with E-state index in [1.54, 1.807) is 0 Å². The maximum atomic E-state index is 13.0. The predicted molar refractivity (Wildman–Crippen MR) is 76.6 cm³/mol. The van der Waals surface area contributed by atoms with E-state index in [9.17, 15) is 18.9 Å². The Morgan fingerprint density at radius 2 is 2.10 bits per heavy atom. The zero-order valence-corrected chi connectivity index (χ0v) is 12.1. The molecule has 0 amide bonds. The Morgan fingerprint density at radius 1 is 1.43 bits per heavy atom. The van der Waals surface area contributed by atoms with Crippen molar-refractivity contribution in [2.75, 3.05) is 18.5 Å². The summed E-state index contributed by atoms with van der Waals surface area (Å²) in [6.07, 6.45) is -1.41. The molecule has 7 heteroatoms. The Morgan fingerprint density at radius 3 is 2.62 bits per heavy atom. The molecule has 0 saturated carbocycles. The van der Waals surface area contributed by atoms with Gasteiger partial charge in [-0.25, -0.2) is 8.78 Å². The number of nitro groups is 1. The first-order valence-electron chi connectivity index (χ1n) is 6.68. The molecule has 0 radical (unpaired) electrons. The maximum Gasteiger partial charge on any atom is 0.270 e. The lowest BCUT2D eigenvalue weighted by molar-refractivity contribution is -0.385. The highest BCUT2D eigenvalue weighted by Crippen LogP contribution is 2.32. The van der Waals surface area contributed by atoms with Gasteiger partial charge in [-0.3, -0.25) is 10.1 Å². The maximum absolute atomic E-state index is 13.0.